The number of sulfone groups is 1. The van der Waals surface area contributed by atoms with Gasteiger partial charge < -0.3 is 5.32 Å². The van der Waals surface area contributed by atoms with Crippen molar-refractivity contribution in [2.45, 2.75) is 13.5 Å². The first-order valence-electron chi connectivity index (χ1n) is 5.29. The second kappa shape index (κ2) is 6.07. The highest BCUT2D eigenvalue weighted by atomic mass is 32.2. The van der Waals surface area contributed by atoms with Crippen LogP contribution in [0.4, 0.5) is 8.78 Å². The molecular formula is C11H15F2NO2S. The highest BCUT2D eigenvalue weighted by Gasteiger charge is 2.06. The normalized spacial score (nSPS) is 11.7. The molecule has 0 aliphatic carbocycles. The average Bonchev–Trinajstić information content (AvgIpc) is 2.23. The van der Waals surface area contributed by atoms with Gasteiger partial charge in [-0.25, -0.2) is 17.2 Å². The van der Waals surface area contributed by atoms with Gasteiger partial charge in [-0.2, -0.15) is 0 Å². The highest BCUT2D eigenvalue weighted by Crippen LogP contribution is 2.07. The number of rotatable bonds is 6. The van der Waals surface area contributed by atoms with Gasteiger partial charge in [-0.15, -0.1) is 0 Å². The molecule has 1 rings (SSSR count). The lowest BCUT2D eigenvalue weighted by atomic mass is 10.2. The zero-order chi connectivity index (χ0) is 12.9. The molecule has 0 bridgehead atoms. The Morgan fingerprint density at radius 1 is 1.18 bits per heavy atom. The Morgan fingerprint density at radius 2 is 1.76 bits per heavy atom. The predicted molar refractivity (Wildman–Crippen MR) is 62.4 cm³/mol. The summed E-state index contributed by atoms with van der Waals surface area (Å²) >= 11 is 0. The minimum absolute atomic E-state index is 0.0291. The molecule has 96 valence electrons. The Labute approximate surface area is 99.8 Å². The predicted octanol–water partition coefficient (Wildman–Crippen LogP) is 1.49. The molecule has 0 aromatic heterocycles. The molecule has 0 aliphatic rings. The topological polar surface area (TPSA) is 46.2 Å². The van der Waals surface area contributed by atoms with Crippen LogP contribution < -0.4 is 5.32 Å². The summed E-state index contributed by atoms with van der Waals surface area (Å²) in [6, 6.07) is 3.22. The van der Waals surface area contributed by atoms with E-state index in [1.807, 2.05) is 0 Å². The number of halogens is 2. The molecule has 0 heterocycles. The first kappa shape index (κ1) is 14.1. The van der Waals surface area contributed by atoms with E-state index in [2.05, 4.69) is 5.32 Å². The molecule has 0 atom stereocenters. The smallest absolute Gasteiger partial charge is 0.151 e. The van der Waals surface area contributed by atoms with Gasteiger partial charge in [0.15, 0.2) is 9.84 Å². The van der Waals surface area contributed by atoms with E-state index in [0.717, 1.165) is 6.07 Å². The van der Waals surface area contributed by atoms with Crippen LogP contribution in [0.1, 0.15) is 12.5 Å². The van der Waals surface area contributed by atoms with Crippen LogP contribution in [0.2, 0.25) is 0 Å². The average molecular weight is 263 g/mol. The molecule has 0 radical (unpaired) electrons. The van der Waals surface area contributed by atoms with Gasteiger partial charge in [0.2, 0.25) is 0 Å². The third-order valence-corrected chi connectivity index (χ3v) is 3.99. The van der Waals surface area contributed by atoms with E-state index in [9.17, 15) is 17.2 Å². The zero-order valence-corrected chi connectivity index (χ0v) is 10.4. The summed E-state index contributed by atoms with van der Waals surface area (Å²) in [7, 11) is -3.00. The second-order valence-corrected chi connectivity index (χ2v) is 6.16. The summed E-state index contributed by atoms with van der Waals surface area (Å²) in [4.78, 5) is 0. The molecule has 17 heavy (non-hydrogen) atoms. The molecule has 0 aliphatic heterocycles. The Bertz CT molecular complexity index is 454. The fourth-order valence-corrected chi connectivity index (χ4v) is 2.06. The van der Waals surface area contributed by atoms with Crippen LogP contribution in [0, 0.1) is 11.6 Å². The van der Waals surface area contributed by atoms with E-state index in [0.29, 0.717) is 5.56 Å². The third kappa shape index (κ3) is 5.23. The SMILES string of the molecule is CCS(=O)(=O)CCNCc1cc(F)cc(F)c1. The van der Waals surface area contributed by atoms with Crippen molar-refractivity contribution in [1.82, 2.24) is 5.32 Å². The van der Waals surface area contributed by atoms with Crippen LogP contribution in [-0.2, 0) is 16.4 Å². The molecule has 0 spiro atoms. The molecule has 1 N–H and O–H groups in total. The maximum Gasteiger partial charge on any atom is 0.151 e. The molecule has 0 unspecified atom stereocenters. The van der Waals surface area contributed by atoms with E-state index in [-0.39, 0.29) is 24.6 Å². The molecule has 6 heteroatoms. The van der Waals surface area contributed by atoms with Gasteiger partial charge in [-0.05, 0) is 17.7 Å². The second-order valence-electron chi connectivity index (χ2n) is 3.69. The van der Waals surface area contributed by atoms with Crippen molar-refractivity contribution in [3.63, 3.8) is 0 Å². The largest absolute Gasteiger partial charge is 0.312 e. The van der Waals surface area contributed by atoms with Crippen LogP contribution in [0.15, 0.2) is 18.2 Å². The van der Waals surface area contributed by atoms with Crippen molar-refractivity contribution in [3.8, 4) is 0 Å². The van der Waals surface area contributed by atoms with Gasteiger partial charge in [0.25, 0.3) is 0 Å². The van der Waals surface area contributed by atoms with Crippen LogP contribution in [0.3, 0.4) is 0 Å². The summed E-state index contributed by atoms with van der Waals surface area (Å²) in [6.07, 6.45) is 0. The minimum atomic E-state index is -3.00. The van der Waals surface area contributed by atoms with Gasteiger partial charge in [0, 0.05) is 24.9 Å². The van der Waals surface area contributed by atoms with E-state index < -0.39 is 21.5 Å². The molecule has 3 nitrogen and oxygen atoms in total. The van der Waals surface area contributed by atoms with Crippen molar-refractivity contribution in [3.05, 3.63) is 35.4 Å². The summed E-state index contributed by atoms with van der Waals surface area (Å²) < 4.78 is 48.0. The molecule has 1 aromatic carbocycles. The van der Waals surface area contributed by atoms with Gasteiger partial charge in [-0.3, -0.25) is 0 Å². The van der Waals surface area contributed by atoms with E-state index in [1.165, 1.54) is 12.1 Å². The number of benzene rings is 1. The summed E-state index contributed by atoms with van der Waals surface area (Å²) in [5.41, 5.74) is 0.455. The van der Waals surface area contributed by atoms with Crippen LogP contribution in [0.5, 0.6) is 0 Å². The first-order valence-corrected chi connectivity index (χ1v) is 7.11. The number of nitrogens with one attached hydrogen (secondary N) is 1. The quantitative estimate of drug-likeness (QED) is 0.791. The van der Waals surface area contributed by atoms with Gasteiger partial charge >= 0.3 is 0 Å². The maximum absolute atomic E-state index is 12.8. The maximum atomic E-state index is 12.8. The number of hydrogen-bond donors (Lipinski definition) is 1. The summed E-state index contributed by atoms with van der Waals surface area (Å²) in [6.45, 7) is 2.10. The molecule has 1 aromatic rings. The van der Waals surface area contributed by atoms with Gasteiger partial charge in [-0.1, -0.05) is 6.92 Å². The first-order chi connectivity index (χ1) is 7.93. The molecule has 0 amide bonds. The molecule has 0 saturated heterocycles. The fraction of sp³-hybridized carbons (Fsp3) is 0.455. The van der Waals surface area contributed by atoms with Crippen LogP contribution >= 0.6 is 0 Å². The Hall–Kier alpha value is -1.01. The third-order valence-electron chi connectivity index (χ3n) is 2.28. The van der Waals surface area contributed by atoms with Crippen molar-refractivity contribution < 1.29 is 17.2 Å². The summed E-state index contributed by atoms with van der Waals surface area (Å²) in [5, 5.41) is 2.83. The van der Waals surface area contributed by atoms with Crippen molar-refractivity contribution >= 4 is 9.84 Å². The monoisotopic (exact) mass is 263 g/mol. The lowest BCUT2D eigenvalue weighted by molar-refractivity contribution is 0.574. The Morgan fingerprint density at radius 3 is 2.29 bits per heavy atom. The molecule has 0 saturated carbocycles. The van der Waals surface area contributed by atoms with Gasteiger partial charge in [0.05, 0.1) is 5.75 Å². The zero-order valence-electron chi connectivity index (χ0n) is 9.54. The molecule has 0 fully saturated rings. The van der Waals surface area contributed by atoms with Crippen molar-refractivity contribution in [2.24, 2.45) is 0 Å². The highest BCUT2D eigenvalue weighted by molar-refractivity contribution is 7.91. The van der Waals surface area contributed by atoms with E-state index in [1.54, 1.807) is 6.92 Å². The Kier molecular flexibility index (Phi) is 5.02. The Balaban J connectivity index is 2.41. The lowest BCUT2D eigenvalue weighted by Crippen LogP contribution is -2.23. The lowest BCUT2D eigenvalue weighted by Gasteiger charge is -2.05. The molecular weight excluding hydrogens is 248 g/mol. The van der Waals surface area contributed by atoms with Crippen LogP contribution in [0.25, 0.3) is 0 Å². The minimum Gasteiger partial charge on any atom is -0.312 e. The van der Waals surface area contributed by atoms with Crippen molar-refractivity contribution in [2.75, 3.05) is 18.1 Å². The van der Waals surface area contributed by atoms with E-state index in [4.69, 9.17) is 0 Å². The van der Waals surface area contributed by atoms with Gasteiger partial charge in [0.1, 0.15) is 11.6 Å². The number of hydrogen-bond acceptors (Lipinski definition) is 3. The van der Waals surface area contributed by atoms with Crippen molar-refractivity contribution in [1.29, 1.82) is 0 Å². The standard InChI is InChI=1S/C11H15F2NO2S/c1-2-17(15,16)4-3-14-8-9-5-10(12)7-11(13)6-9/h5-7,14H,2-4,8H2,1H3. The summed E-state index contributed by atoms with van der Waals surface area (Å²) in [5.74, 6) is -1.14. The van der Waals surface area contributed by atoms with E-state index >= 15 is 0 Å². The van der Waals surface area contributed by atoms with Crippen LogP contribution in [-0.4, -0.2) is 26.5 Å². The fourth-order valence-electron chi connectivity index (χ4n) is 1.32.